The molecule has 0 fully saturated rings. The highest BCUT2D eigenvalue weighted by atomic mass is 19.1. The summed E-state index contributed by atoms with van der Waals surface area (Å²) in [5.74, 6) is 0.302. The Bertz CT molecular complexity index is 809. The fourth-order valence-electron chi connectivity index (χ4n) is 2.85. The zero-order valence-corrected chi connectivity index (χ0v) is 16.9. The number of halogens is 1. The minimum atomic E-state index is -0.677. The predicted octanol–water partition coefficient (Wildman–Crippen LogP) is 5.70. The zero-order chi connectivity index (χ0) is 20.2. The molecule has 27 heavy (non-hydrogen) atoms. The second kappa shape index (κ2) is 7.99. The van der Waals surface area contributed by atoms with Gasteiger partial charge in [-0.3, -0.25) is 5.32 Å². The number of ether oxygens (including phenoxy) is 2. The SMILES string of the molecule is COc1cccc(CC(C)(C)c2ccc(F)c(NC(=O)OC(C)(C)C)c2)c1. The lowest BCUT2D eigenvalue weighted by Gasteiger charge is -2.27. The van der Waals surface area contributed by atoms with Crippen molar-refractivity contribution in [3.63, 3.8) is 0 Å². The van der Waals surface area contributed by atoms with Gasteiger partial charge in [0, 0.05) is 0 Å². The van der Waals surface area contributed by atoms with Crippen LogP contribution in [0.15, 0.2) is 42.5 Å². The highest BCUT2D eigenvalue weighted by Gasteiger charge is 2.24. The van der Waals surface area contributed by atoms with Gasteiger partial charge in [-0.15, -0.1) is 0 Å². The molecular formula is C22H28FNO3. The van der Waals surface area contributed by atoms with Crippen LogP contribution in [0, 0.1) is 5.82 Å². The van der Waals surface area contributed by atoms with E-state index in [0.29, 0.717) is 0 Å². The quantitative estimate of drug-likeness (QED) is 0.731. The lowest BCUT2D eigenvalue weighted by atomic mass is 9.79. The molecule has 2 aromatic rings. The van der Waals surface area contributed by atoms with E-state index in [-0.39, 0.29) is 11.1 Å². The second-order valence-corrected chi connectivity index (χ2v) is 8.23. The average molecular weight is 373 g/mol. The van der Waals surface area contributed by atoms with Gasteiger partial charge in [0.1, 0.15) is 17.2 Å². The van der Waals surface area contributed by atoms with Gasteiger partial charge in [-0.05, 0) is 68.0 Å². The fraction of sp³-hybridized carbons (Fsp3) is 0.409. The van der Waals surface area contributed by atoms with Gasteiger partial charge in [-0.25, -0.2) is 9.18 Å². The zero-order valence-electron chi connectivity index (χ0n) is 16.9. The Morgan fingerprint density at radius 2 is 1.78 bits per heavy atom. The minimum Gasteiger partial charge on any atom is -0.497 e. The van der Waals surface area contributed by atoms with Crippen LogP contribution in [0.1, 0.15) is 45.7 Å². The van der Waals surface area contributed by atoms with E-state index in [1.54, 1.807) is 40.0 Å². The van der Waals surface area contributed by atoms with Gasteiger partial charge in [0.15, 0.2) is 0 Å². The van der Waals surface area contributed by atoms with Crippen LogP contribution in [-0.4, -0.2) is 18.8 Å². The Hall–Kier alpha value is -2.56. The third-order valence-electron chi connectivity index (χ3n) is 4.16. The Balaban J connectivity index is 2.22. The summed E-state index contributed by atoms with van der Waals surface area (Å²) in [7, 11) is 1.64. The van der Waals surface area contributed by atoms with Gasteiger partial charge in [-0.1, -0.05) is 32.0 Å². The first-order chi connectivity index (χ1) is 12.5. The number of amides is 1. The third-order valence-corrected chi connectivity index (χ3v) is 4.16. The van der Waals surface area contributed by atoms with Crippen LogP contribution in [0.2, 0.25) is 0 Å². The summed E-state index contributed by atoms with van der Waals surface area (Å²) in [6.45, 7) is 9.44. The molecule has 0 aliphatic heterocycles. The highest BCUT2D eigenvalue weighted by Crippen LogP contribution is 2.31. The molecule has 0 unspecified atom stereocenters. The Morgan fingerprint density at radius 1 is 1.07 bits per heavy atom. The molecule has 0 radical (unpaired) electrons. The van der Waals surface area contributed by atoms with Gasteiger partial charge < -0.3 is 9.47 Å². The molecule has 0 aliphatic rings. The summed E-state index contributed by atoms with van der Waals surface area (Å²) in [5.41, 5.74) is 1.22. The van der Waals surface area contributed by atoms with Gasteiger partial charge in [0.05, 0.1) is 12.8 Å². The van der Waals surface area contributed by atoms with Crippen molar-refractivity contribution in [3.05, 3.63) is 59.4 Å². The van der Waals surface area contributed by atoms with Crippen molar-refractivity contribution < 1.29 is 18.7 Å². The maximum atomic E-state index is 14.2. The van der Waals surface area contributed by atoms with Gasteiger partial charge >= 0.3 is 6.09 Å². The molecule has 146 valence electrons. The molecular weight excluding hydrogens is 345 g/mol. The Morgan fingerprint density at radius 3 is 2.41 bits per heavy atom. The normalized spacial score (nSPS) is 11.8. The van der Waals surface area contributed by atoms with Crippen molar-refractivity contribution in [2.24, 2.45) is 0 Å². The van der Waals surface area contributed by atoms with Gasteiger partial charge in [-0.2, -0.15) is 0 Å². The maximum Gasteiger partial charge on any atom is 0.412 e. The van der Waals surface area contributed by atoms with E-state index in [0.717, 1.165) is 23.3 Å². The van der Waals surface area contributed by atoms with Crippen LogP contribution in [-0.2, 0) is 16.6 Å². The molecule has 4 nitrogen and oxygen atoms in total. The molecule has 0 spiro atoms. The second-order valence-electron chi connectivity index (χ2n) is 8.23. The number of benzene rings is 2. The fourth-order valence-corrected chi connectivity index (χ4v) is 2.85. The molecule has 0 bridgehead atoms. The Labute approximate surface area is 160 Å². The number of rotatable bonds is 5. The molecule has 2 rings (SSSR count). The van der Waals surface area contributed by atoms with Crippen molar-refractivity contribution >= 4 is 11.8 Å². The largest absolute Gasteiger partial charge is 0.497 e. The number of anilines is 1. The molecule has 1 amide bonds. The van der Waals surface area contributed by atoms with E-state index in [1.807, 2.05) is 24.3 Å². The van der Waals surface area contributed by atoms with Crippen molar-refractivity contribution in [2.75, 3.05) is 12.4 Å². The van der Waals surface area contributed by atoms with Crippen LogP contribution in [0.3, 0.4) is 0 Å². The summed E-state index contributed by atoms with van der Waals surface area (Å²) in [4.78, 5) is 12.0. The van der Waals surface area contributed by atoms with E-state index >= 15 is 0 Å². The van der Waals surface area contributed by atoms with Crippen LogP contribution < -0.4 is 10.1 Å². The van der Waals surface area contributed by atoms with E-state index in [4.69, 9.17) is 9.47 Å². The lowest BCUT2D eigenvalue weighted by molar-refractivity contribution is 0.0635. The monoisotopic (exact) mass is 373 g/mol. The number of hydrogen-bond acceptors (Lipinski definition) is 3. The summed E-state index contributed by atoms with van der Waals surface area (Å²) >= 11 is 0. The van der Waals surface area contributed by atoms with Crippen LogP contribution in [0.25, 0.3) is 0 Å². The van der Waals surface area contributed by atoms with Crippen LogP contribution in [0.5, 0.6) is 5.75 Å². The minimum absolute atomic E-state index is 0.112. The topological polar surface area (TPSA) is 47.6 Å². The van der Waals surface area contributed by atoms with E-state index in [1.165, 1.54) is 6.07 Å². The third kappa shape index (κ3) is 5.98. The summed E-state index contributed by atoms with van der Waals surface area (Å²) in [6.07, 6.45) is 0.0611. The summed E-state index contributed by atoms with van der Waals surface area (Å²) < 4.78 is 24.7. The van der Waals surface area contributed by atoms with Crippen molar-refractivity contribution in [2.45, 2.75) is 52.1 Å². The summed E-state index contributed by atoms with van der Waals surface area (Å²) in [5, 5.41) is 2.51. The maximum absolute atomic E-state index is 14.2. The van der Waals surface area contributed by atoms with E-state index in [9.17, 15) is 9.18 Å². The molecule has 1 N–H and O–H groups in total. The lowest BCUT2D eigenvalue weighted by Crippen LogP contribution is -2.28. The van der Waals surface area contributed by atoms with Crippen LogP contribution >= 0.6 is 0 Å². The first-order valence-electron chi connectivity index (χ1n) is 8.93. The molecule has 0 atom stereocenters. The molecule has 0 aliphatic carbocycles. The van der Waals surface area contributed by atoms with E-state index < -0.39 is 17.5 Å². The summed E-state index contributed by atoms with van der Waals surface area (Å²) in [6, 6.07) is 12.7. The van der Waals surface area contributed by atoms with Gasteiger partial charge in [0.25, 0.3) is 0 Å². The molecule has 0 aromatic heterocycles. The van der Waals surface area contributed by atoms with Crippen molar-refractivity contribution in [1.29, 1.82) is 0 Å². The molecule has 0 saturated heterocycles. The Kier molecular flexibility index (Phi) is 6.14. The molecule has 0 heterocycles. The molecule has 2 aromatic carbocycles. The predicted molar refractivity (Wildman–Crippen MR) is 106 cm³/mol. The number of nitrogens with one attached hydrogen (secondary N) is 1. The highest BCUT2D eigenvalue weighted by molar-refractivity contribution is 5.85. The van der Waals surface area contributed by atoms with Crippen molar-refractivity contribution in [3.8, 4) is 5.75 Å². The molecule has 5 heteroatoms. The first kappa shape index (κ1) is 20.7. The smallest absolute Gasteiger partial charge is 0.412 e. The number of hydrogen-bond donors (Lipinski definition) is 1. The van der Waals surface area contributed by atoms with Crippen molar-refractivity contribution in [1.82, 2.24) is 0 Å². The molecule has 0 saturated carbocycles. The standard InChI is InChI=1S/C22H28FNO3/c1-21(2,3)27-20(25)24-19-13-16(10-11-18(19)23)22(4,5)14-15-8-7-9-17(12-15)26-6/h7-13H,14H2,1-6H3,(H,24,25). The van der Waals surface area contributed by atoms with Gasteiger partial charge in [0.2, 0.25) is 0 Å². The average Bonchev–Trinajstić information content (AvgIpc) is 2.54. The first-order valence-corrected chi connectivity index (χ1v) is 8.93. The van der Waals surface area contributed by atoms with Crippen LogP contribution in [0.4, 0.5) is 14.9 Å². The van der Waals surface area contributed by atoms with E-state index in [2.05, 4.69) is 19.2 Å². The number of carbonyl (C=O) groups is 1. The number of methoxy groups -OCH3 is 1. The number of carbonyl (C=O) groups excluding carboxylic acids is 1.